The average molecular weight is 280 g/mol. The molecule has 0 aromatic carbocycles. The molecular formula is C8H10BrNO3S. The third kappa shape index (κ3) is 3.75. The molecule has 0 bridgehead atoms. The molecule has 0 saturated carbocycles. The fraction of sp³-hybridized carbons (Fsp3) is 0.375. The van der Waals surface area contributed by atoms with Crippen molar-refractivity contribution in [2.45, 2.75) is 6.04 Å². The molecule has 1 unspecified atom stereocenters. The zero-order valence-corrected chi connectivity index (χ0v) is 9.68. The molecule has 0 fully saturated rings. The average Bonchev–Trinajstić information content (AvgIpc) is 2.51. The second-order valence-corrected chi connectivity index (χ2v) is 5.15. The fourth-order valence-electron chi connectivity index (χ4n) is 0.883. The monoisotopic (exact) mass is 279 g/mol. The molecule has 0 aliphatic heterocycles. The summed E-state index contributed by atoms with van der Waals surface area (Å²) in [4.78, 5) is 11.1. The maximum atomic E-state index is 10.2. The van der Waals surface area contributed by atoms with Gasteiger partial charge in [-0.05, 0) is 28.1 Å². The Kier molecular flexibility index (Phi) is 4.53. The summed E-state index contributed by atoms with van der Waals surface area (Å²) in [6.07, 6.45) is 0. The van der Waals surface area contributed by atoms with E-state index in [2.05, 4.69) is 15.9 Å². The van der Waals surface area contributed by atoms with Gasteiger partial charge in [0.05, 0.1) is 16.4 Å². The van der Waals surface area contributed by atoms with E-state index in [1.807, 2.05) is 12.1 Å². The van der Waals surface area contributed by atoms with Crippen LogP contribution in [-0.2, 0) is 9.53 Å². The van der Waals surface area contributed by atoms with E-state index in [0.717, 1.165) is 8.66 Å². The van der Waals surface area contributed by atoms with Gasteiger partial charge in [0.2, 0.25) is 0 Å². The van der Waals surface area contributed by atoms with E-state index in [1.54, 1.807) is 0 Å². The zero-order chi connectivity index (χ0) is 10.6. The maximum absolute atomic E-state index is 10.2. The van der Waals surface area contributed by atoms with Crippen LogP contribution in [0.2, 0.25) is 0 Å². The van der Waals surface area contributed by atoms with Crippen molar-refractivity contribution in [3.63, 3.8) is 0 Å². The molecule has 1 atom stereocenters. The topological polar surface area (TPSA) is 72.5 Å². The summed E-state index contributed by atoms with van der Waals surface area (Å²) in [7, 11) is 0. The predicted octanol–water partition coefficient (Wildman–Crippen LogP) is 1.61. The third-order valence-corrected chi connectivity index (χ3v) is 3.24. The second kappa shape index (κ2) is 5.45. The molecule has 0 radical (unpaired) electrons. The van der Waals surface area contributed by atoms with E-state index in [4.69, 9.17) is 15.6 Å². The Morgan fingerprint density at radius 1 is 1.71 bits per heavy atom. The lowest BCUT2D eigenvalue weighted by Crippen LogP contribution is -2.18. The van der Waals surface area contributed by atoms with Crippen molar-refractivity contribution in [1.82, 2.24) is 0 Å². The van der Waals surface area contributed by atoms with Crippen LogP contribution in [0.3, 0.4) is 0 Å². The SMILES string of the molecule is NC(COCC(=O)O)c1ccc(Br)s1. The van der Waals surface area contributed by atoms with E-state index in [-0.39, 0.29) is 19.3 Å². The molecule has 3 N–H and O–H groups in total. The number of carboxylic acid groups (broad SMARTS) is 1. The minimum atomic E-state index is -0.982. The standard InChI is InChI=1S/C8H10BrNO3S/c9-7-2-1-6(14-7)5(10)3-13-4-8(11)12/h1-2,5H,3-4,10H2,(H,11,12). The molecule has 0 spiro atoms. The van der Waals surface area contributed by atoms with Crippen LogP contribution in [0.4, 0.5) is 0 Å². The largest absolute Gasteiger partial charge is 0.480 e. The van der Waals surface area contributed by atoms with Gasteiger partial charge >= 0.3 is 5.97 Å². The van der Waals surface area contributed by atoms with Crippen LogP contribution in [0.25, 0.3) is 0 Å². The first-order valence-electron chi connectivity index (χ1n) is 3.90. The summed E-state index contributed by atoms with van der Waals surface area (Å²) in [5.41, 5.74) is 5.77. The van der Waals surface area contributed by atoms with Gasteiger partial charge in [0.25, 0.3) is 0 Å². The highest BCUT2D eigenvalue weighted by molar-refractivity contribution is 9.11. The number of hydrogen-bond acceptors (Lipinski definition) is 4. The number of hydrogen-bond donors (Lipinski definition) is 2. The first-order chi connectivity index (χ1) is 6.59. The number of aliphatic carboxylic acids is 1. The van der Waals surface area contributed by atoms with Crippen LogP contribution >= 0.6 is 27.3 Å². The van der Waals surface area contributed by atoms with Crippen LogP contribution in [0.5, 0.6) is 0 Å². The van der Waals surface area contributed by atoms with Crippen molar-refractivity contribution in [2.24, 2.45) is 5.73 Å². The van der Waals surface area contributed by atoms with Crippen molar-refractivity contribution in [3.05, 3.63) is 20.8 Å². The summed E-state index contributed by atoms with van der Waals surface area (Å²) in [5.74, 6) is -0.982. The summed E-state index contributed by atoms with van der Waals surface area (Å²) in [6.45, 7) is -0.0838. The van der Waals surface area contributed by atoms with Crippen molar-refractivity contribution in [2.75, 3.05) is 13.2 Å². The lowest BCUT2D eigenvalue weighted by atomic mass is 10.3. The van der Waals surface area contributed by atoms with Crippen LogP contribution < -0.4 is 5.73 Å². The number of carbonyl (C=O) groups is 1. The summed E-state index contributed by atoms with van der Waals surface area (Å²) >= 11 is 4.84. The number of thiophene rings is 1. The number of halogens is 1. The highest BCUT2D eigenvalue weighted by Crippen LogP contribution is 2.26. The highest BCUT2D eigenvalue weighted by atomic mass is 79.9. The highest BCUT2D eigenvalue weighted by Gasteiger charge is 2.09. The van der Waals surface area contributed by atoms with E-state index in [1.165, 1.54) is 11.3 Å². The van der Waals surface area contributed by atoms with Gasteiger partial charge in [-0.15, -0.1) is 11.3 Å². The van der Waals surface area contributed by atoms with Crippen molar-refractivity contribution in [3.8, 4) is 0 Å². The molecule has 0 aliphatic rings. The normalized spacial score (nSPS) is 12.7. The smallest absolute Gasteiger partial charge is 0.329 e. The molecule has 4 nitrogen and oxygen atoms in total. The first-order valence-corrected chi connectivity index (χ1v) is 5.51. The predicted molar refractivity (Wildman–Crippen MR) is 57.4 cm³/mol. The van der Waals surface area contributed by atoms with E-state index < -0.39 is 5.97 Å². The van der Waals surface area contributed by atoms with Crippen LogP contribution in [-0.4, -0.2) is 24.3 Å². The van der Waals surface area contributed by atoms with Gasteiger partial charge in [0, 0.05) is 4.88 Å². The molecule has 78 valence electrons. The van der Waals surface area contributed by atoms with Gasteiger partial charge in [-0.25, -0.2) is 4.79 Å². The lowest BCUT2D eigenvalue weighted by molar-refractivity contribution is -0.142. The lowest BCUT2D eigenvalue weighted by Gasteiger charge is -2.08. The Bertz CT molecular complexity index is 315. The molecule has 1 aromatic rings. The Hall–Kier alpha value is -0.430. The van der Waals surface area contributed by atoms with E-state index in [9.17, 15) is 4.79 Å². The molecule has 0 saturated heterocycles. The van der Waals surface area contributed by atoms with E-state index in [0.29, 0.717) is 0 Å². The molecule has 14 heavy (non-hydrogen) atoms. The molecule has 0 amide bonds. The number of nitrogens with two attached hydrogens (primary N) is 1. The van der Waals surface area contributed by atoms with Crippen LogP contribution in [0, 0.1) is 0 Å². The van der Waals surface area contributed by atoms with E-state index >= 15 is 0 Å². The molecule has 1 heterocycles. The number of ether oxygens (including phenoxy) is 1. The van der Waals surface area contributed by atoms with Gasteiger partial charge in [0.1, 0.15) is 6.61 Å². The van der Waals surface area contributed by atoms with Gasteiger partial charge in [-0.3, -0.25) is 0 Å². The quantitative estimate of drug-likeness (QED) is 0.859. The van der Waals surface area contributed by atoms with Gasteiger partial charge in [-0.2, -0.15) is 0 Å². The molecule has 6 heteroatoms. The van der Waals surface area contributed by atoms with Crippen LogP contribution in [0.1, 0.15) is 10.9 Å². The Balaban J connectivity index is 2.35. The maximum Gasteiger partial charge on any atom is 0.329 e. The minimum absolute atomic E-state index is 0.221. The second-order valence-electron chi connectivity index (χ2n) is 2.66. The molecule has 0 aliphatic carbocycles. The summed E-state index contributed by atoms with van der Waals surface area (Å²) < 4.78 is 5.89. The minimum Gasteiger partial charge on any atom is -0.480 e. The van der Waals surface area contributed by atoms with Gasteiger partial charge < -0.3 is 15.6 Å². The molecular weight excluding hydrogens is 270 g/mol. The fourth-order valence-corrected chi connectivity index (χ4v) is 2.29. The van der Waals surface area contributed by atoms with Crippen LogP contribution in [0.15, 0.2) is 15.9 Å². The zero-order valence-electron chi connectivity index (χ0n) is 7.27. The number of carboxylic acids is 1. The van der Waals surface area contributed by atoms with Crippen molar-refractivity contribution < 1.29 is 14.6 Å². The Morgan fingerprint density at radius 2 is 2.43 bits per heavy atom. The Labute approximate surface area is 93.8 Å². The molecule has 1 rings (SSSR count). The van der Waals surface area contributed by atoms with Crippen molar-refractivity contribution in [1.29, 1.82) is 0 Å². The molecule has 1 aromatic heterocycles. The Morgan fingerprint density at radius 3 is 2.93 bits per heavy atom. The third-order valence-electron chi connectivity index (χ3n) is 1.48. The summed E-state index contributed by atoms with van der Waals surface area (Å²) in [6, 6.07) is 3.53. The van der Waals surface area contributed by atoms with Crippen molar-refractivity contribution >= 4 is 33.2 Å². The van der Waals surface area contributed by atoms with Gasteiger partial charge in [0.15, 0.2) is 0 Å². The number of rotatable bonds is 5. The summed E-state index contributed by atoms with van der Waals surface area (Å²) in [5, 5.41) is 8.33. The van der Waals surface area contributed by atoms with Gasteiger partial charge in [-0.1, -0.05) is 0 Å². The first kappa shape index (κ1) is 11.6.